The summed E-state index contributed by atoms with van der Waals surface area (Å²) in [6, 6.07) is 8.24. The number of hydrogen-bond donors (Lipinski definition) is 1. The van der Waals surface area contributed by atoms with Gasteiger partial charge in [0.1, 0.15) is 0 Å². The van der Waals surface area contributed by atoms with Crippen molar-refractivity contribution in [2.75, 3.05) is 12.4 Å². The Balaban J connectivity index is 2.27. The molecule has 2 rings (SSSR count). The molecule has 0 saturated heterocycles. The van der Waals surface area contributed by atoms with E-state index >= 15 is 0 Å². The monoisotopic (exact) mass is 223 g/mol. The lowest BCUT2D eigenvalue weighted by Gasteiger charge is -1.98. The van der Waals surface area contributed by atoms with Crippen LogP contribution >= 0.6 is 11.6 Å². The fourth-order valence-corrected chi connectivity index (χ4v) is 1.83. The smallest absolute Gasteiger partial charge is 0.0841 e. The Hall–Kier alpha value is -1.06. The van der Waals surface area contributed by atoms with Crippen LogP contribution in [0.25, 0.3) is 10.9 Å². The Labute approximate surface area is 94.0 Å². The number of alkyl halides is 1. The van der Waals surface area contributed by atoms with Crippen molar-refractivity contribution in [3.63, 3.8) is 0 Å². The van der Waals surface area contributed by atoms with Crippen molar-refractivity contribution in [2.24, 2.45) is 7.05 Å². The number of fused-ring (bicyclic) bond motifs is 1. The van der Waals surface area contributed by atoms with Gasteiger partial charge in [-0.25, -0.2) is 0 Å². The van der Waals surface area contributed by atoms with Gasteiger partial charge in [0.05, 0.1) is 11.2 Å². The first kappa shape index (κ1) is 10.5. The first-order valence-electron chi connectivity index (χ1n) is 5.00. The van der Waals surface area contributed by atoms with Crippen LogP contribution in [-0.4, -0.2) is 22.2 Å². The fraction of sp³-hybridized carbons (Fsp3) is 0.364. The Bertz CT molecular complexity index is 450. The zero-order valence-corrected chi connectivity index (χ0v) is 9.46. The molecule has 15 heavy (non-hydrogen) atoms. The molecule has 80 valence electrons. The fourth-order valence-electron chi connectivity index (χ4n) is 1.69. The summed E-state index contributed by atoms with van der Waals surface area (Å²) in [4.78, 5) is 0. The van der Waals surface area contributed by atoms with Crippen molar-refractivity contribution < 1.29 is 0 Å². The Kier molecular flexibility index (Phi) is 3.23. The van der Waals surface area contributed by atoms with Crippen LogP contribution in [0.4, 0.5) is 0 Å². The number of para-hydroxylation sites is 1. The molecule has 1 N–H and O–H groups in total. The number of hydrogen-bond acceptors (Lipinski definition) is 2. The normalized spacial score (nSPS) is 11.1. The van der Waals surface area contributed by atoms with E-state index in [4.69, 9.17) is 11.6 Å². The van der Waals surface area contributed by atoms with Gasteiger partial charge in [0.25, 0.3) is 0 Å². The van der Waals surface area contributed by atoms with Crippen molar-refractivity contribution in [3.8, 4) is 0 Å². The SMILES string of the molecule is Cn1nc(CNCCCl)c2ccccc21. The number of nitrogens with one attached hydrogen (secondary N) is 1. The van der Waals surface area contributed by atoms with E-state index in [1.165, 1.54) is 10.9 Å². The summed E-state index contributed by atoms with van der Waals surface area (Å²) in [6.07, 6.45) is 0. The minimum absolute atomic E-state index is 0.630. The first-order valence-corrected chi connectivity index (χ1v) is 5.53. The third kappa shape index (κ3) is 2.13. The van der Waals surface area contributed by atoms with Crippen molar-refractivity contribution >= 4 is 22.5 Å². The van der Waals surface area contributed by atoms with Gasteiger partial charge < -0.3 is 5.32 Å². The molecule has 1 heterocycles. The minimum atomic E-state index is 0.630. The molecule has 3 nitrogen and oxygen atoms in total. The average Bonchev–Trinajstić information content (AvgIpc) is 2.58. The molecule has 0 aliphatic heterocycles. The molecule has 1 aromatic heterocycles. The molecule has 0 aliphatic carbocycles. The predicted molar refractivity (Wildman–Crippen MR) is 63.1 cm³/mol. The lowest BCUT2D eigenvalue weighted by atomic mass is 10.2. The lowest BCUT2D eigenvalue weighted by Crippen LogP contribution is -2.16. The second-order valence-corrected chi connectivity index (χ2v) is 3.83. The number of aryl methyl sites for hydroxylation is 1. The molecule has 0 fully saturated rings. The Morgan fingerprint density at radius 2 is 2.20 bits per heavy atom. The van der Waals surface area contributed by atoms with E-state index in [1.54, 1.807) is 0 Å². The van der Waals surface area contributed by atoms with Crippen LogP contribution in [0.3, 0.4) is 0 Å². The van der Waals surface area contributed by atoms with E-state index < -0.39 is 0 Å². The van der Waals surface area contributed by atoms with E-state index in [0.29, 0.717) is 5.88 Å². The van der Waals surface area contributed by atoms with E-state index in [2.05, 4.69) is 22.5 Å². The number of aromatic nitrogens is 2. The lowest BCUT2D eigenvalue weighted by molar-refractivity contribution is 0.686. The summed E-state index contributed by atoms with van der Waals surface area (Å²) >= 11 is 5.60. The standard InChI is InChI=1S/C11H14ClN3/c1-15-11-5-3-2-4-9(11)10(14-15)8-13-7-6-12/h2-5,13H,6-8H2,1H3. The molecule has 2 aromatic rings. The van der Waals surface area contributed by atoms with Crippen molar-refractivity contribution in [1.82, 2.24) is 15.1 Å². The summed E-state index contributed by atoms with van der Waals surface area (Å²) in [7, 11) is 1.97. The predicted octanol–water partition coefficient (Wildman–Crippen LogP) is 1.90. The quantitative estimate of drug-likeness (QED) is 0.634. The molecule has 0 amide bonds. The summed E-state index contributed by atoms with van der Waals surface area (Å²) in [5.74, 6) is 0.630. The Morgan fingerprint density at radius 1 is 1.40 bits per heavy atom. The number of benzene rings is 1. The Morgan fingerprint density at radius 3 is 3.00 bits per heavy atom. The molecular weight excluding hydrogens is 210 g/mol. The maximum absolute atomic E-state index is 5.60. The highest BCUT2D eigenvalue weighted by Gasteiger charge is 2.06. The highest BCUT2D eigenvalue weighted by atomic mass is 35.5. The van der Waals surface area contributed by atoms with E-state index in [-0.39, 0.29) is 0 Å². The molecule has 0 atom stereocenters. The maximum Gasteiger partial charge on any atom is 0.0841 e. The van der Waals surface area contributed by atoms with Crippen molar-refractivity contribution in [2.45, 2.75) is 6.54 Å². The molecule has 0 saturated carbocycles. The zero-order chi connectivity index (χ0) is 10.7. The third-order valence-electron chi connectivity index (χ3n) is 2.40. The molecule has 1 aromatic carbocycles. The van der Waals surface area contributed by atoms with E-state index in [1.807, 2.05) is 23.9 Å². The second-order valence-electron chi connectivity index (χ2n) is 3.45. The van der Waals surface area contributed by atoms with Crippen LogP contribution < -0.4 is 5.32 Å². The zero-order valence-electron chi connectivity index (χ0n) is 8.70. The molecule has 0 spiro atoms. The van der Waals surface area contributed by atoms with Crippen molar-refractivity contribution in [3.05, 3.63) is 30.0 Å². The third-order valence-corrected chi connectivity index (χ3v) is 2.59. The molecule has 0 unspecified atom stereocenters. The van der Waals surface area contributed by atoms with Crippen molar-refractivity contribution in [1.29, 1.82) is 0 Å². The highest BCUT2D eigenvalue weighted by Crippen LogP contribution is 2.16. The first-order chi connectivity index (χ1) is 7.33. The van der Waals surface area contributed by atoms with Crippen LogP contribution in [0.5, 0.6) is 0 Å². The minimum Gasteiger partial charge on any atom is -0.310 e. The number of halogens is 1. The molecule has 4 heteroatoms. The summed E-state index contributed by atoms with van der Waals surface area (Å²) in [6.45, 7) is 1.58. The molecule has 0 aliphatic rings. The van der Waals surface area contributed by atoms with Gasteiger partial charge in [0, 0.05) is 31.4 Å². The van der Waals surface area contributed by atoms with E-state index in [0.717, 1.165) is 18.8 Å². The molecular formula is C11H14ClN3. The average molecular weight is 224 g/mol. The van der Waals surface area contributed by atoms with Gasteiger partial charge in [0.2, 0.25) is 0 Å². The van der Waals surface area contributed by atoms with Crippen LogP contribution in [0.15, 0.2) is 24.3 Å². The number of rotatable bonds is 4. The number of nitrogens with zero attached hydrogens (tertiary/aromatic N) is 2. The highest BCUT2D eigenvalue weighted by molar-refractivity contribution is 6.18. The summed E-state index contributed by atoms with van der Waals surface area (Å²) in [5, 5.41) is 8.93. The van der Waals surface area contributed by atoms with Gasteiger partial charge >= 0.3 is 0 Å². The van der Waals surface area contributed by atoms with Gasteiger partial charge in [-0.1, -0.05) is 18.2 Å². The largest absolute Gasteiger partial charge is 0.310 e. The second kappa shape index (κ2) is 4.64. The molecule has 0 radical (unpaired) electrons. The summed E-state index contributed by atoms with van der Waals surface area (Å²) in [5.41, 5.74) is 2.25. The van der Waals surface area contributed by atoms with Crippen LogP contribution in [0.1, 0.15) is 5.69 Å². The van der Waals surface area contributed by atoms with Crippen LogP contribution in [0.2, 0.25) is 0 Å². The van der Waals surface area contributed by atoms with Crippen LogP contribution in [-0.2, 0) is 13.6 Å². The van der Waals surface area contributed by atoms with Gasteiger partial charge in [0.15, 0.2) is 0 Å². The summed E-state index contributed by atoms with van der Waals surface area (Å²) < 4.78 is 1.91. The van der Waals surface area contributed by atoms with Gasteiger partial charge in [-0.2, -0.15) is 5.10 Å². The molecule has 0 bridgehead atoms. The van der Waals surface area contributed by atoms with Gasteiger partial charge in [-0.15, -0.1) is 11.6 Å². The van der Waals surface area contributed by atoms with E-state index in [9.17, 15) is 0 Å². The van der Waals surface area contributed by atoms with Gasteiger partial charge in [-0.3, -0.25) is 4.68 Å². The maximum atomic E-state index is 5.60. The van der Waals surface area contributed by atoms with Gasteiger partial charge in [-0.05, 0) is 6.07 Å². The topological polar surface area (TPSA) is 29.9 Å². The van der Waals surface area contributed by atoms with Crippen LogP contribution in [0, 0.1) is 0 Å².